The lowest BCUT2D eigenvalue weighted by Crippen LogP contribution is -2.38. The lowest BCUT2D eigenvalue weighted by Gasteiger charge is -2.31. The second-order valence-corrected chi connectivity index (χ2v) is 10.6. The largest absolute Gasteiger partial charge is 0.381 e. The molecular weight excluding hydrogens is 341 g/mol. The molecule has 0 aromatic heterocycles. The van der Waals surface area contributed by atoms with Crippen molar-refractivity contribution in [1.82, 2.24) is 4.72 Å². The summed E-state index contributed by atoms with van der Waals surface area (Å²) in [5, 5.41) is 0. The molecule has 1 aromatic rings. The SMILES string of the molecule is CC(C)(C)COCCCS(=O)(=O)N[C@H](c1ccc(F)cc1)C(C)(C)C. The van der Waals surface area contributed by atoms with Crippen molar-refractivity contribution in [1.29, 1.82) is 0 Å². The lowest BCUT2D eigenvalue weighted by atomic mass is 9.83. The molecule has 1 N–H and O–H groups in total. The molecule has 1 atom stereocenters. The molecular formula is C19H32FNO3S. The highest BCUT2D eigenvalue weighted by Gasteiger charge is 2.30. The summed E-state index contributed by atoms with van der Waals surface area (Å²) in [6, 6.07) is 5.53. The summed E-state index contributed by atoms with van der Waals surface area (Å²) in [6.45, 7) is 13.1. The monoisotopic (exact) mass is 373 g/mol. The van der Waals surface area contributed by atoms with Gasteiger partial charge in [0.05, 0.1) is 18.4 Å². The molecule has 1 aromatic carbocycles. The molecule has 4 nitrogen and oxygen atoms in total. The van der Waals surface area contributed by atoms with Gasteiger partial charge in [-0.05, 0) is 34.9 Å². The Hall–Kier alpha value is -0.980. The van der Waals surface area contributed by atoms with Crippen molar-refractivity contribution in [2.24, 2.45) is 10.8 Å². The van der Waals surface area contributed by atoms with Crippen LogP contribution in [0.2, 0.25) is 0 Å². The summed E-state index contributed by atoms with van der Waals surface area (Å²) in [7, 11) is -3.46. The highest BCUT2D eigenvalue weighted by molar-refractivity contribution is 7.89. The van der Waals surface area contributed by atoms with Gasteiger partial charge in [-0.15, -0.1) is 0 Å². The first-order valence-corrected chi connectivity index (χ1v) is 10.3. The Labute approximate surface area is 152 Å². The van der Waals surface area contributed by atoms with E-state index in [2.05, 4.69) is 25.5 Å². The Bertz CT molecular complexity index is 628. The van der Waals surface area contributed by atoms with Gasteiger partial charge in [-0.1, -0.05) is 53.7 Å². The van der Waals surface area contributed by atoms with Crippen molar-refractivity contribution in [3.8, 4) is 0 Å². The normalized spacial score (nSPS) is 14.5. The van der Waals surface area contributed by atoms with Gasteiger partial charge in [-0.2, -0.15) is 0 Å². The summed E-state index contributed by atoms with van der Waals surface area (Å²) < 4.78 is 46.3. The fraction of sp³-hybridized carbons (Fsp3) is 0.684. The lowest BCUT2D eigenvalue weighted by molar-refractivity contribution is 0.0720. The zero-order chi connectivity index (χ0) is 19.3. The number of rotatable bonds is 8. The van der Waals surface area contributed by atoms with Gasteiger partial charge >= 0.3 is 0 Å². The summed E-state index contributed by atoms with van der Waals surface area (Å²) in [6.07, 6.45) is 0.436. The number of hydrogen-bond acceptors (Lipinski definition) is 3. The van der Waals surface area contributed by atoms with E-state index >= 15 is 0 Å². The standard InChI is InChI=1S/C19H32FNO3S/c1-18(2,3)14-24-12-7-13-25(22,23)21-17(19(4,5)6)15-8-10-16(20)11-9-15/h8-11,17,21H,7,12-14H2,1-6H3/t17-/m1/s1. The van der Waals surface area contributed by atoms with Gasteiger partial charge in [-0.25, -0.2) is 17.5 Å². The Morgan fingerprint density at radius 2 is 1.64 bits per heavy atom. The van der Waals surface area contributed by atoms with Crippen LogP contribution in [0.3, 0.4) is 0 Å². The molecule has 0 spiro atoms. The van der Waals surface area contributed by atoms with E-state index in [1.54, 1.807) is 12.1 Å². The predicted molar refractivity (Wildman–Crippen MR) is 100 cm³/mol. The van der Waals surface area contributed by atoms with Crippen molar-refractivity contribution in [3.05, 3.63) is 35.6 Å². The fourth-order valence-electron chi connectivity index (χ4n) is 2.37. The second kappa shape index (κ2) is 8.60. The molecule has 6 heteroatoms. The molecule has 0 saturated carbocycles. The van der Waals surface area contributed by atoms with Gasteiger partial charge < -0.3 is 4.74 Å². The number of nitrogens with one attached hydrogen (secondary N) is 1. The molecule has 0 saturated heterocycles. The minimum Gasteiger partial charge on any atom is -0.381 e. The molecule has 0 heterocycles. The molecule has 0 unspecified atom stereocenters. The number of hydrogen-bond donors (Lipinski definition) is 1. The number of halogens is 1. The Kier molecular flexibility index (Phi) is 7.59. The van der Waals surface area contributed by atoms with Crippen LogP contribution in [0.1, 0.15) is 59.6 Å². The zero-order valence-electron chi connectivity index (χ0n) is 16.2. The molecule has 144 valence electrons. The minimum atomic E-state index is -3.46. The Morgan fingerprint density at radius 3 is 2.12 bits per heavy atom. The first-order chi connectivity index (χ1) is 11.3. The molecule has 0 amide bonds. The summed E-state index contributed by atoms with van der Waals surface area (Å²) >= 11 is 0. The van der Waals surface area contributed by atoms with Crippen LogP contribution in [0.5, 0.6) is 0 Å². The van der Waals surface area contributed by atoms with Gasteiger partial charge in [0, 0.05) is 6.61 Å². The maximum Gasteiger partial charge on any atom is 0.212 e. The Balaban J connectivity index is 2.68. The van der Waals surface area contributed by atoms with Crippen LogP contribution in [-0.4, -0.2) is 27.4 Å². The van der Waals surface area contributed by atoms with E-state index in [0.29, 0.717) is 19.6 Å². The van der Waals surface area contributed by atoms with E-state index in [-0.39, 0.29) is 22.4 Å². The highest BCUT2D eigenvalue weighted by Crippen LogP contribution is 2.33. The van der Waals surface area contributed by atoms with Crippen LogP contribution in [0.25, 0.3) is 0 Å². The maximum absolute atomic E-state index is 13.2. The van der Waals surface area contributed by atoms with Gasteiger partial charge in [-0.3, -0.25) is 0 Å². The average Bonchev–Trinajstić information content (AvgIpc) is 2.43. The first-order valence-electron chi connectivity index (χ1n) is 8.63. The summed E-state index contributed by atoms with van der Waals surface area (Å²) in [5.41, 5.74) is 0.478. The van der Waals surface area contributed by atoms with E-state index in [1.807, 2.05) is 20.8 Å². The number of benzene rings is 1. The van der Waals surface area contributed by atoms with Crippen LogP contribution >= 0.6 is 0 Å². The van der Waals surface area contributed by atoms with E-state index in [9.17, 15) is 12.8 Å². The van der Waals surface area contributed by atoms with Gasteiger partial charge in [0.1, 0.15) is 5.82 Å². The van der Waals surface area contributed by atoms with Crippen LogP contribution < -0.4 is 4.72 Å². The third kappa shape index (κ3) is 8.79. The molecule has 0 bridgehead atoms. The van der Waals surface area contributed by atoms with Gasteiger partial charge in [0.25, 0.3) is 0 Å². The molecule has 0 fully saturated rings. The van der Waals surface area contributed by atoms with Crippen LogP contribution in [0.4, 0.5) is 4.39 Å². The van der Waals surface area contributed by atoms with Crippen molar-refractivity contribution in [2.45, 2.75) is 54.0 Å². The first kappa shape index (κ1) is 22.1. The topological polar surface area (TPSA) is 55.4 Å². The van der Waals surface area contributed by atoms with Crippen molar-refractivity contribution in [2.75, 3.05) is 19.0 Å². The zero-order valence-corrected chi connectivity index (χ0v) is 17.0. The van der Waals surface area contributed by atoms with Crippen LogP contribution in [-0.2, 0) is 14.8 Å². The van der Waals surface area contributed by atoms with E-state index < -0.39 is 16.1 Å². The third-order valence-corrected chi connectivity index (χ3v) is 5.02. The molecule has 25 heavy (non-hydrogen) atoms. The molecule has 1 rings (SSSR count). The highest BCUT2D eigenvalue weighted by atomic mass is 32.2. The van der Waals surface area contributed by atoms with Gasteiger partial charge in [0.2, 0.25) is 10.0 Å². The smallest absolute Gasteiger partial charge is 0.212 e. The van der Waals surface area contributed by atoms with E-state index in [4.69, 9.17) is 4.74 Å². The van der Waals surface area contributed by atoms with Crippen molar-refractivity contribution >= 4 is 10.0 Å². The minimum absolute atomic E-state index is 0.00488. The molecule has 0 radical (unpaired) electrons. The van der Waals surface area contributed by atoms with E-state index in [1.165, 1.54) is 12.1 Å². The molecule has 0 aliphatic rings. The van der Waals surface area contributed by atoms with Crippen molar-refractivity contribution < 1.29 is 17.5 Å². The van der Waals surface area contributed by atoms with Crippen LogP contribution in [0, 0.1) is 16.6 Å². The Morgan fingerprint density at radius 1 is 1.08 bits per heavy atom. The summed E-state index contributed by atoms with van der Waals surface area (Å²) in [4.78, 5) is 0. The molecule has 0 aliphatic carbocycles. The average molecular weight is 374 g/mol. The van der Waals surface area contributed by atoms with Gasteiger partial charge in [0.15, 0.2) is 0 Å². The molecule has 0 aliphatic heterocycles. The summed E-state index contributed by atoms with van der Waals surface area (Å²) in [5.74, 6) is -0.333. The number of sulfonamides is 1. The second-order valence-electron chi connectivity index (χ2n) is 8.75. The predicted octanol–water partition coefficient (Wildman–Crippen LogP) is 4.29. The van der Waals surface area contributed by atoms with E-state index in [0.717, 1.165) is 5.56 Å². The number of ether oxygens (including phenoxy) is 1. The maximum atomic E-state index is 13.2. The fourth-order valence-corrected chi connectivity index (χ4v) is 3.83. The quantitative estimate of drug-likeness (QED) is 0.692. The van der Waals surface area contributed by atoms with Crippen LogP contribution in [0.15, 0.2) is 24.3 Å². The van der Waals surface area contributed by atoms with Crippen molar-refractivity contribution in [3.63, 3.8) is 0 Å². The third-order valence-electron chi connectivity index (χ3n) is 3.60.